The summed E-state index contributed by atoms with van der Waals surface area (Å²) in [6.07, 6.45) is 0. The van der Waals surface area contributed by atoms with Gasteiger partial charge in [0.25, 0.3) is 0 Å². The first-order valence-electron chi connectivity index (χ1n) is 6.69. The van der Waals surface area contributed by atoms with Crippen molar-refractivity contribution >= 4 is 0 Å². The number of hydrogen-bond acceptors (Lipinski definition) is 4. The van der Waals surface area contributed by atoms with E-state index in [1.54, 1.807) is 7.11 Å². The average Bonchev–Trinajstić information content (AvgIpc) is 2.40. The van der Waals surface area contributed by atoms with E-state index in [2.05, 4.69) is 5.32 Å². The predicted octanol–water partition coefficient (Wildman–Crippen LogP) is 2.48. The highest BCUT2D eigenvalue weighted by Crippen LogP contribution is 2.25. The van der Waals surface area contributed by atoms with Gasteiger partial charge in [-0.3, -0.25) is 0 Å². The Bertz CT molecular complexity index is 366. The van der Waals surface area contributed by atoms with Gasteiger partial charge in [-0.05, 0) is 32.9 Å². The van der Waals surface area contributed by atoms with Gasteiger partial charge >= 0.3 is 0 Å². The molecule has 0 spiro atoms. The maximum Gasteiger partial charge on any atom is 0.161 e. The van der Waals surface area contributed by atoms with Crippen LogP contribution in [0.1, 0.15) is 20.8 Å². The van der Waals surface area contributed by atoms with Gasteiger partial charge in [-0.25, -0.2) is 0 Å². The van der Waals surface area contributed by atoms with Crippen LogP contribution in [0.15, 0.2) is 24.3 Å². The minimum atomic E-state index is -0.150. The van der Waals surface area contributed by atoms with Crippen molar-refractivity contribution in [2.24, 2.45) is 0 Å². The van der Waals surface area contributed by atoms with Gasteiger partial charge in [-0.2, -0.15) is 0 Å². The molecule has 108 valence electrons. The van der Waals surface area contributed by atoms with E-state index >= 15 is 0 Å². The molecule has 0 aliphatic heterocycles. The number of nitrogens with one attached hydrogen (secondary N) is 1. The van der Waals surface area contributed by atoms with Crippen molar-refractivity contribution < 1.29 is 14.2 Å². The van der Waals surface area contributed by atoms with Gasteiger partial charge < -0.3 is 19.5 Å². The zero-order chi connectivity index (χ0) is 14.1. The van der Waals surface area contributed by atoms with Crippen LogP contribution in [-0.4, -0.2) is 39.0 Å². The molecule has 1 N–H and O–H groups in total. The zero-order valence-electron chi connectivity index (χ0n) is 12.4. The fourth-order valence-electron chi connectivity index (χ4n) is 1.54. The Kier molecular flexibility index (Phi) is 6.67. The van der Waals surface area contributed by atoms with Gasteiger partial charge in [0.05, 0.1) is 12.2 Å². The van der Waals surface area contributed by atoms with Crippen LogP contribution in [0.5, 0.6) is 11.5 Å². The highest BCUT2D eigenvalue weighted by Gasteiger charge is 2.14. The van der Waals surface area contributed by atoms with Crippen LogP contribution in [0.4, 0.5) is 0 Å². The number of hydrogen-bond donors (Lipinski definition) is 1. The second-order valence-corrected chi connectivity index (χ2v) is 4.87. The van der Waals surface area contributed by atoms with Crippen LogP contribution in [0, 0.1) is 0 Å². The average molecular weight is 267 g/mol. The predicted molar refractivity (Wildman–Crippen MR) is 77.1 cm³/mol. The van der Waals surface area contributed by atoms with Gasteiger partial charge in [0.2, 0.25) is 0 Å². The van der Waals surface area contributed by atoms with Gasteiger partial charge in [-0.15, -0.1) is 0 Å². The molecule has 4 heteroatoms. The lowest BCUT2D eigenvalue weighted by Gasteiger charge is -2.23. The summed E-state index contributed by atoms with van der Waals surface area (Å²) in [7, 11) is 1.72. The molecule has 0 saturated heterocycles. The number of para-hydroxylation sites is 2. The molecule has 1 rings (SSSR count). The molecule has 4 nitrogen and oxygen atoms in total. The summed E-state index contributed by atoms with van der Waals surface area (Å²) in [5, 5.41) is 3.31. The lowest BCUT2D eigenvalue weighted by Crippen LogP contribution is -2.38. The van der Waals surface area contributed by atoms with E-state index in [0.29, 0.717) is 13.2 Å². The van der Waals surface area contributed by atoms with Gasteiger partial charge in [0.1, 0.15) is 6.61 Å². The van der Waals surface area contributed by atoms with Crippen molar-refractivity contribution in [3.8, 4) is 11.5 Å². The smallest absolute Gasteiger partial charge is 0.161 e. The molecular formula is C15H25NO3. The molecule has 0 bridgehead atoms. The highest BCUT2D eigenvalue weighted by atomic mass is 16.5. The second kappa shape index (κ2) is 8.02. The third kappa shape index (κ3) is 5.94. The molecule has 0 saturated carbocycles. The molecule has 1 aromatic rings. The fourth-order valence-corrected chi connectivity index (χ4v) is 1.54. The Labute approximate surface area is 116 Å². The van der Waals surface area contributed by atoms with Gasteiger partial charge in [0, 0.05) is 20.2 Å². The van der Waals surface area contributed by atoms with Crippen LogP contribution in [0.2, 0.25) is 0 Å². The second-order valence-electron chi connectivity index (χ2n) is 4.87. The SMILES string of the molecule is CCOc1ccccc1OCCNCC(C)(C)OC. The zero-order valence-corrected chi connectivity index (χ0v) is 12.4. The standard InChI is InChI=1S/C15H25NO3/c1-5-18-13-8-6-7-9-14(13)19-11-10-16-12-15(2,3)17-4/h6-9,16H,5,10-12H2,1-4H3. The quantitative estimate of drug-likeness (QED) is 0.698. The minimum Gasteiger partial charge on any atom is -0.490 e. The molecule has 0 aliphatic carbocycles. The Morgan fingerprint density at radius 1 is 1.11 bits per heavy atom. The first kappa shape index (κ1) is 15.8. The topological polar surface area (TPSA) is 39.7 Å². The largest absolute Gasteiger partial charge is 0.490 e. The van der Waals surface area contributed by atoms with Crippen molar-refractivity contribution in [2.45, 2.75) is 26.4 Å². The summed E-state index contributed by atoms with van der Waals surface area (Å²) < 4.78 is 16.5. The molecule has 0 unspecified atom stereocenters. The Morgan fingerprint density at radius 3 is 2.32 bits per heavy atom. The molecule has 1 aromatic carbocycles. The van der Waals surface area contributed by atoms with Crippen LogP contribution in [-0.2, 0) is 4.74 Å². The minimum absolute atomic E-state index is 0.150. The van der Waals surface area contributed by atoms with Crippen molar-refractivity contribution in [3.63, 3.8) is 0 Å². The summed E-state index contributed by atoms with van der Waals surface area (Å²) in [6, 6.07) is 7.72. The Balaban J connectivity index is 2.29. The normalized spacial score (nSPS) is 11.4. The number of rotatable bonds is 9. The highest BCUT2D eigenvalue weighted by molar-refractivity contribution is 5.39. The molecule has 0 heterocycles. The van der Waals surface area contributed by atoms with E-state index in [1.165, 1.54) is 0 Å². The van der Waals surface area contributed by atoms with Crippen molar-refractivity contribution in [2.75, 3.05) is 33.4 Å². The third-order valence-electron chi connectivity index (χ3n) is 2.79. The van der Waals surface area contributed by atoms with E-state index in [-0.39, 0.29) is 5.60 Å². The summed E-state index contributed by atoms with van der Waals surface area (Å²) in [6.45, 7) is 8.86. The molecule has 0 atom stereocenters. The number of benzene rings is 1. The molecule has 0 aromatic heterocycles. The molecule has 0 aliphatic rings. The summed E-state index contributed by atoms with van der Waals surface area (Å²) in [5.41, 5.74) is -0.150. The Morgan fingerprint density at radius 2 is 1.74 bits per heavy atom. The number of ether oxygens (including phenoxy) is 3. The van der Waals surface area contributed by atoms with E-state index < -0.39 is 0 Å². The monoisotopic (exact) mass is 267 g/mol. The van der Waals surface area contributed by atoms with Crippen LogP contribution >= 0.6 is 0 Å². The molecular weight excluding hydrogens is 242 g/mol. The van der Waals surface area contributed by atoms with Crippen LogP contribution in [0.25, 0.3) is 0 Å². The van der Waals surface area contributed by atoms with Crippen molar-refractivity contribution in [1.82, 2.24) is 5.32 Å². The maximum absolute atomic E-state index is 5.71. The van der Waals surface area contributed by atoms with Crippen LogP contribution in [0.3, 0.4) is 0 Å². The third-order valence-corrected chi connectivity index (χ3v) is 2.79. The molecule has 19 heavy (non-hydrogen) atoms. The fraction of sp³-hybridized carbons (Fsp3) is 0.600. The van der Waals surface area contributed by atoms with E-state index in [1.807, 2.05) is 45.0 Å². The van der Waals surface area contributed by atoms with Gasteiger partial charge in [0.15, 0.2) is 11.5 Å². The van der Waals surface area contributed by atoms with E-state index in [9.17, 15) is 0 Å². The van der Waals surface area contributed by atoms with Crippen LogP contribution < -0.4 is 14.8 Å². The van der Waals surface area contributed by atoms with Crippen molar-refractivity contribution in [1.29, 1.82) is 0 Å². The molecule has 0 fully saturated rings. The number of methoxy groups -OCH3 is 1. The van der Waals surface area contributed by atoms with Gasteiger partial charge in [-0.1, -0.05) is 12.1 Å². The first-order valence-corrected chi connectivity index (χ1v) is 6.69. The van der Waals surface area contributed by atoms with Crippen molar-refractivity contribution in [3.05, 3.63) is 24.3 Å². The first-order chi connectivity index (χ1) is 9.09. The lowest BCUT2D eigenvalue weighted by molar-refractivity contribution is 0.0229. The lowest BCUT2D eigenvalue weighted by atomic mass is 10.1. The van der Waals surface area contributed by atoms with E-state index in [0.717, 1.165) is 24.6 Å². The van der Waals surface area contributed by atoms with E-state index in [4.69, 9.17) is 14.2 Å². The summed E-state index contributed by atoms with van der Waals surface area (Å²) >= 11 is 0. The Hall–Kier alpha value is -1.26. The molecule has 0 amide bonds. The maximum atomic E-state index is 5.71. The summed E-state index contributed by atoms with van der Waals surface area (Å²) in [5.74, 6) is 1.58. The summed E-state index contributed by atoms with van der Waals surface area (Å²) in [4.78, 5) is 0. The molecule has 0 radical (unpaired) electrons.